The van der Waals surface area contributed by atoms with Crippen LogP contribution < -0.4 is 4.90 Å². The molecular weight excluding hydrogens is 238 g/mol. The van der Waals surface area contributed by atoms with E-state index in [4.69, 9.17) is 0 Å². The van der Waals surface area contributed by atoms with Crippen molar-refractivity contribution < 1.29 is 4.79 Å². The average molecular weight is 261 g/mol. The lowest BCUT2D eigenvalue weighted by molar-refractivity contribution is -0.119. The second-order valence-electron chi connectivity index (χ2n) is 5.30. The zero-order valence-electron chi connectivity index (χ0n) is 11.9. The predicted molar refractivity (Wildman–Crippen MR) is 77.3 cm³/mol. The Morgan fingerprint density at radius 2 is 1.84 bits per heavy atom. The maximum Gasteiger partial charge on any atom is 0.228 e. The van der Waals surface area contributed by atoms with E-state index < -0.39 is 0 Å². The summed E-state index contributed by atoms with van der Waals surface area (Å²) in [6, 6.07) is 5.79. The van der Waals surface area contributed by atoms with Crippen molar-refractivity contribution in [2.75, 3.05) is 31.6 Å². The highest BCUT2D eigenvalue weighted by Crippen LogP contribution is 2.18. The van der Waals surface area contributed by atoms with Crippen LogP contribution in [-0.2, 0) is 4.79 Å². The number of carbonyl (C=O) groups is 1. The Morgan fingerprint density at radius 3 is 2.37 bits per heavy atom. The molecule has 104 valence electrons. The van der Waals surface area contributed by atoms with Crippen molar-refractivity contribution in [3.05, 3.63) is 23.9 Å². The number of amides is 1. The molecule has 0 saturated carbocycles. The van der Waals surface area contributed by atoms with Crippen molar-refractivity contribution >= 4 is 11.7 Å². The van der Waals surface area contributed by atoms with Crippen molar-refractivity contribution in [1.29, 1.82) is 0 Å². The largest absolute Gasteiger partial charge is 0.306 e. The normalized spacial score (nSPS) is 19.5. The Hall–Kier alpha value is -1.42. The number of aromatic nitrogens is 1. The van der Waals surface area contributed by atoms with Crippen LogP contribution in [0.4, 0.5) is 5.82 Å². The fraction of sp³-hybridized carbons (Fsp3) is 0.600. The number of anilines is 1. The molecule has 2 fully saturated rings. The van der Waals surface area contributed by atoms with Gasteiger partial charge >= 0.3 is 0 Å². The van der Waals surface area contributed by atoms with E-state index in [-0.39, 0.29) is 5.91 Å². The van der Waals surface area contributed by atoms with Gasteiger partial charge in [0.2, 0.25) is 5.91 Å². The summed E-state index contributed by atoms with van der Waals surface area (Å²) in [4.78, 5) is 20.0. The van der Waals surface area contributed by atoms with Crippen LogP contribution in [-0.4, -0.2) is 42.5 Å². The van der Waals surface area contributed by atoms with E-state index in [1.807, 2.05) is 25.1 Å². The first-order valence-electron chi connectivity index (χ1n) is 7.09. The molecule has 1 amide bonds. The van der Waals surface area contributed by atoms with Crippen LogP contribution in [0.25, 0.3) is 0 Å². The molecule has 0 aliphatic carbocycles. The Kier molecular flexibility index (Phi) is 4.91. The lowest BCUT2D eigenvalue weighted by atomic mass is 10.1. The van der Waals surface area contributed by atoms with Crippen LogP contribution in [0.5, 0.6) is 0 Å². The van der Waals surface area contributed by atoms with Crippen LogP contribution in [0.3, 0.4) is 0 Å². The third-order valence-corrected chi connectivity index (χ3v) is 3.55. The number of aryl methyl sites for hydroxylation is 1. The highest BCUT2D eigenvalue weighted by Gasteiger charge is 2.20. The average Bonchev–Trinajstić information content (AvgIpc) is 2.38. The highest BCUT2D eigenvalue weighted by molar-refractivity contribution is 5.92. The molecule has 0 bridgehead atoms. The highest BCUT2D eigenvalue weighted by atomic mass is 16.2. The van der Waals surface area contributed by atoms with Crippen molar-refractivity contribution in [3.8, 4) is 0 Å². The van der Waals surface area contributed by atoms with Gasteiger partial charge in [0.1, 0.15) is 5.82 Å². The molecule has 2 aliphatic rings. The summed E-state index contributed by atoms with van der Waals surface area (Å²) in [7, 11) is 2.14. The monoisotopic (exact) mass is 261 g/mol. The molecule has 1 aromatic heterocycles. The number of hydrogen-bond acceptors (Lipinski definition) is 3. The summed E-state index contributed by atoms with van der Waals surface area (Å²) in [5.41, 5.74) is 0.959. The second-order valence-corrected chi connectivity index (χ2v) is 5.30. The Bertz CT molecular complexity index is 429. The first kappa shape index (κ1) is 14.0. The molecule has 3 rings (SSSR count). The second kappa shape index (κ2) is 6.66. The third-order valence-electron chi connectivity index (χ3n) is 3.55. The summed E-state index contributed by atoms with van der Waals surface area (Å²) in [5.74, 6) is 1.00. The molecule has 4 nitrogen and oxygen atoms in total. The van der Waals surface area contributed by atoms with Gasteiger partial charge in [0.05, 0.1) is 0 Å². The third kappa shape index (κ3) is 4.03. The molecule has 19 heavy (non-hydrogen) atoms. The quantitative estimate of drug-likeness (QED) is 0.778. The summed E-state index contributed by atoms with van der Waals surface area (Å²) in [6.07, 6.45) is 4.18. The summed E-state index contributed by atoms with van der Waals surface area (Å²) in [6.45, 7) is 5.40. The fourth-order valence-corrected chi connectivity index (χ4v) is 2.20. The number of pyridine rings is 1. The number of likely N-dealkylation sites (tertiary alicyclic amines) is 1. The molecule has 3 heterocycles. The zero-order valence-corrected chi connectivity index (χ0v) is 11.9. The van der Waals surface area contributed by atoms with Gasteiger partial charge in [0, 0.05) is 18.7 Å². The summed E-state index contributed by atoms with van der Waals surface area (Å²) < 4.78 is 0. The first-order chi connectivity index (χ1) is 9.16. The zero-order chi connectivity index (χ0) is 13.7. The molecular formula is C15H23N3O. The van der Waals surface area contributed by atoms with E-state index in [9.17, 15) is 4.79 Å². The Balaban J connectivity index is 0.000000224. The van der Waals surface area contributed by atoms with Crippen molar-refractivity contribution in [2.24, 2.45) is 0 Å². The minimum absolute atomic E-state index is 0.203. The van der Waals surface area contributed by atoms with Gasteiger partial charge in [0.15, 0.2) is 0 Å². The van der Waals surface area contributed by atoms with Crippen molar-refractivity contribution in [3.63, 3.8) is 0 Å². The molecule has 0 N–H and O–H groups in total. The summed E-state index contributed by atoms with van der Waals surface area (Å²) in [5, 5.41) is 0. The predicted octanol–water partition coefficient (Wildman–Crippen LogP) is 2.23. The standard InChI is InChI=1S/C11H14N2O.C4H9N/c1-9-5-4-6-10(12-9)13-8-3-2-7-11(13)14;1-5-3-2-4-5/h4-6H,2-3,7-8H2,1H3;2-4H2,1H3. The SMILES string of the molecule is CN1CCC1.Cc1cccc(N2CCCCC2=O)n1. The molecule has 0 unspecified atom stereocenters. The van der Waals surface area contributed by atoms with Crippen LogP contribution in [0, 0.1) is 6.92 Å². The molecule has 4 heteroatoms. The van der Waals surface area contributed by atoms with E-state index in [1.165, 1.54) is 19.5 Å². The lowest BCUT2D eigenvalue weighted by Gasteiger charge is -2.25. The van der Waals surface area contributed by atoms with E-state index >= 15 is 0 Å². The molecule has 0 radical (unpaired) electrons. The van der Waals surface area contributed by atoms with Crippen LogP contribution in [0.1, 0.15) is 31.4 Å². The van der Waals surface area contributed by atoms with E-state index in [0.29, 0.717) is 6.42 Å². The van der Waals surface area contributed by atoms with Crippen LogP contribution in [0.2, 0.25) is 0 Å². The number of piperidine rings is 1. The van der Waals surface area contributed by atoms with Gasteiger partial charge in [-0.3, -0.25) is 9.69 Å². The minimum atomic E-state index is 0.203. The van der Waals surface area contributed by atoms with Gasteiger partial charge in [0.25, 0.3) is 0 Å². The summed E-state index contributed by atoms with van der Waals surface area (Å²) >= 11 is 0. The van der Waals surface area contributed by atoms with E-state index in [1.54, 1.807) is 4.90 Å². The Labute approximate surface area is 115 Å². The first-order valence-corrected chi connectivity index (χ1v) is 7.09. The molecule has 0 aromatic carbocycles. The number of carbonyl (C=O) groups excluding carboxylic acids is 1. The lowest BCUT2D eigenvalue weighted by Crippen LogP contribution is -2.35. The van der Waals surface area contributed by atoms with E-state index in [2.05, 4.69) is 16.9 Å². The smallest absolute Gasteiger partial charge is 0.228 e. The maximum atomic E-state index is 11.6. The van der Waals surface area contributed by atoms with Gasteiger partial charge in [-0.25, -0.2) is 4.98 Å². The van der Waals surface area contributed by atoms with Crippen LogP contribution in [0.15, 0.2) is 18.2 Å². The van der Waals surface area contributed by atoms with Crippen molar-refractivity contribution in [1.82, 2.24) is 9.88 Å². The van der Waals surface area contributed by atoms with Gasteiger partial charge in [-0.05, 0) is 58.5 Å². The molecule has 1 aromatic rings. The number of rotatable bonds is 1. The molecule has 0 atom stereocenters. The number of hydrogen-bond donors (Lipinski definition) is 0. The van der Waals surface area contributed by atoms with Crippen LogP contribution >= 0.6 is 0 Å². The van der Waals surface area contributed by atoms with Gasteiger partial charge < -0.3 is 4.90 Å². The maximum absolute atomic E-state index is 11.6. The minimum Gasteiger partial charge on any atom is -0.306 e. The molecule has 2 aliphatic heterocycles. The van der Waals surface area contributed by atoms with Gasteiger partial charge in [-0.1, -0.05) is 6.07 Å². The van der Waals surface area contributed by atoms with Gasteiger partial charge in [-0.2, -0.15) is 0 Å². The molecule has 2 saturated heterocycles. The fourth-order valence-electron chi connectivity index (χ4n) is 2.20. The number of nitrogens with zero attached hydrogens (tertiary/aromatic N) is 3. The Morgan fingerprint density at radius 1 is 1.11 bits per heavy atom. The molecule has 0 spiro atoms. The van der Waals surface area contributed by atoms with Crippen molar-refractivity contribution in [2.45, 2.75) is 32.6 Å². The topological polar surface area (TPSA) is 36.4 Å². The van der Waals surface area contributed by atoms with E-state index in [0.717, 1.165) is 30.9 Å². The van der Waals surface area contributed by atoms with Gasteiger partial charge in [-0.15, -0.1) is 0 Å².